The average molecular weight is 408 g/mol. The van der Waals surface area contributed by atoms with E-state index in [2.05, 4.69) is 15.4 Å². The van der Waals surface area contributed by atoms with Crippen molar-refractivity contribution < 1.29 is 19.1 Å². The van der Waals surface area contributed by atoms with Gasteiger partial charge in [0.25, 0.3) is 5.91 Å². The number of hydrogen-bond acceptors (Lipinski definition) is 5. The summed E-state index contributed by atoms with van der Waals surface area (Å²) in [4.78, 5) is 25.4. The molecular formula is C20H29N3O4S. The third-order valence-electron chi connectivity index (χ3n) is 4.42. The van der Waals surface area contributed by atoms with E-state index in [4.69, 9.17) is 17.0 Å². The molecule has 28 heavy (non-hydrogen) atoms. The second-order valence-electron chi connectivity index (χ2n) is 6.59. The molecule has 0 bridgehead atoms. The summed E-state index contributed by atoms with van der Waals surface area (Å²) in [5.74, 6) is 0.334. The van der Waals surface area contributed by atoms with Crippen LogP contribution in [0.3, 0.4) is 0 Å². The van der Waals surface area contributed by atoms with Gasteiger partial charge in [-0.2, -0.15) is 0 Å². The Morgan fingerprint density at radius 3 is 2.75 bits per heavy atom. The normalized spacial score (nSPS) is 15.2. The van der Waals surface area contributed by atoms with Crippen molar-refractivity contribution in [1.82, 2.24) is 10.6 Å². The Morgan fingerprint density at radius 2 is 2.00 bits per heavy atom. The maximum absolute atomic E-state index is 12.4. The first-order valence-corrected chi connectivity index (χ1v) is 10.1. The zero-order valence-electron chi connectivity index (χ0n) is 16.5. The Kier molecular flexibility index (Phi) is 9.00. The van der Waals surface area contributed by atoms with Gasteiger partial charge in [0.05, 0.1) is 19.3 Å². The molecule has 1 aromatic carbocycles. The summed E-state index contributed by atoms with van der Waals surface area (Å²) in [5.41, 5.74) is 0.852. The summed E-state index contributed by atoms with van der Waals surface area (Å²) < 4.78 is 10.5. The number of ether oxygens (including phenoxy) is 2. The molecule has 0 aromatic heterocycles. The maximum Gasteiger partial charge on any atom is 0.305 e. The number of esters is 1. The molecule has 2 N–H and O–H groups in total. The summed E-state index contributed by atoms with van der Waals surface area (Å²) in [5, 5.41) is 6.70. The molecule has 1 atom stereocenters. The van der Waals surface area contributed by atoms with Crippen LogP contribution >= 0.6 is 12.2 Å². The van der Waals surface area contributed by atoms with E-state index in [0.29, 0.717) is 36.9 Å². The van der Waals surface area contributed by atoms with Gasteiger partial charge in [-0.15, -0.1) is 0 Å². The Labute approximate surface area is 171 Å². The van der Waals surface area contributed by atoms with Gasteiger partial charge in [0, 0.05) is 19.5 Å². The lowest BCUT2D eigenvalue weighted by atomic mass is 10.2. The fraction of sp³-hybridized carbons (Fsp3) is 0.550. The van der Waals surface area contributed by atoms with Crippen molar-refractivity contribution in [3.63, 3.8) is 0 Å². The molecule has 8 heteroatoms. The van der Waals surface area contributed by atoms with Gasteiger partial charge in [-0.05, 0) is 43.6 Å². The quantitative estimate of drug-likeness (QED) is 0.370. The van der Waals surface area contributed by atoms with Gasteiger partial charge >= 0.3 is 5.97 Å². The maximum atomic E-state index is 12.4. The molecular weight excluding hydrogens is 378 g/mol. The third-order valence-corrected chi connectivity index (χ3v) is 4.79. The zero-order chi connectivity index (χ0) is 20.4. The molecule has 2 rings (SSSR count). The highest BCUT2D eigenvalue weighted by Gasteiger charge is 2.32. The number of anilines is 1. The number of rotatable bonds is 9. The molecule has 0 saturated carbocycles. The predicted octanol–water partition coefficient (Wildman–Crippen LogP) is 2.39. The van der Waals surface area contributed by atoms with Crippen molar-refractivity contribution in [3.05, 3.63) is 24.3 Å². The molecule has 0 aliphatic carbocycles. The highest BCUT2D eigenvalue weighted by molar-refractivity contribution is 7.80. The number of benzene rings is 1. The number of carbonyl (C=O) groups excluding carboxylic acids is 2. The SMILES string of the molecule is CCCNC(=O)[C@H]1CN(C(=S)NCCCCCC(=O)OC)c2ccccc2O1. The minimum Gasteiger partial charge on any atom is -0.477 e. The van der Waals surface area contributed by atoms with Gasteiger partial charge in [0.15, 0.2) is 11.2 Å². The molecule has 0 fully saturated rings. The van der Waals surface area contributed by atoms with Crippen LogP contribution in [0.1, 0.15) is 39.0 Å². The van der Waals surface area contributed by atoms with E-state index in [0.717, 1.165) is 31.4 Å². The molecule has 1 aliphatic rings. The second kappa shape index (κ2) is 11.5. The van der Waals surface area contributed by atoms with E-state index >= 15 is 0 Å². The van der Waals surface area contributed by atoms with Gasteiger partial charge in [-0.25, -0.2) is 0 Å². The van der Waals surface area contributed by atoms with Crippen LogP contribution in [-0.4, -0.2) is 49.8 Å². The predicted molar refractivity (Wildman–Crippen MR) is 113 cm³/mol. The lowest BCUT2D eigenvalue weighted by Gasteiger charge is -2.35. The van der Waals surface area contributed by atoms with Crippen molar-refractivity contribution in [2.24, 2.45) is 0 Å². The first kappa shape index (κ1) is 21.9. The molecule has 1 aliphatic heterocycles. The van der Waals surface area contributed by atoms with Crippen molar-refractivity contribution in [2.75, 3.05) is 31.6 Å². The number of amides is 1. The van der Waals surface area contributed by atoms with Gasteiger partial charge in [-0.3, -0.25) is 9.59 Å². The van der Waals surface area contributed by atoms with E-state index in [-0.39, 0.29) is 11.9 Å². The van der Waals surface area contributed by atoms with Crippen molar-refractivity contribution >= 4 is 34.9 Å². The molecule has 1 heterocycles. The summed E-state index contributed by atoms with van der Waals surface area (Å²) in [7, 11) is 1.40. The number of fused-ring (bicyclic) bond motifs is 1. The van der Waals surface area contributed by atoms with E-state index in [9.17, 15) is 9.59 Å². The van der Waals surface area contributed by atoms with E-state index in [1.807, 2.05) is 36.1 Å². The van der Waals surface area contributed by atoms with Crippen molar-refractivity contribution in [1.29, 1.82) is 0 Å². The summed E-state index contributed by atoms with van der Waals surface area (Å²) >= 11 is 5.57. The number of nitrogens with one attached hydrogen (secondary N) is 2. The molecule has 0 radical (unpaired) electrons. The van der Waals surface area contributed by atoms with Gasteiger partial charge < -0.3 is 25.0 Å². The van der Waals surface area contributed by atoms with Crippen LogP contribution in [0.5, 0.6) is 5.75 Å². The number of nitrogens with zero attached hydrogens (tertiary/aromatic N) is 1. The molecule has 154 valence electrons. The van der Waals surface area contributed by atoms with E-state index in [1.54, 1.807) is 0 Å². The van der Waals surface area contributed by atoms with Gasteiger partial charge in [-0.1, -0.05) is 25.5 Å². The first-order chi connectivity index (χ1) is 13.6. The standard InChI is InChI=1S/C20H29N3O4S/c1-3-12-21-19(25)17-14-23(15-9-6-7-10-16(15)27-17)20(28)22-13-8-4-5-11-18(24)26-2/h6-7,9-10,17H,3-5,8,11-14H2,1-2H3,(H,21,25)(H,22,28)/t17-/m1/s1. The molecule has 7 nitrogen and oxygen atoms in total. The number of thiocarbonyl (C=S) groups is 1. The first-order valence-electron chi connectivity index (χ1n) is 9.72. The largest absolute Gasteiger partial charge is 0.477 e. The van der Waals surface area contributed by atoms with Crippen LogP contribution < -0.4 is 20.3 Å². The molecule has 1 aromatic rings. The van der Waals surface area contributed by atoms with Gasteiger partial charge in [0.2, 0.25) is 0 Å². The minimum absolute atomic E-state index is 0.132. The Hall–Kier alpha value is -2.35. The molecule has 0 unspecified atom stereocenters. The van der Waals surface area contributed by atoms with Crippen LogP contribution in [-0.2, 0) is 14.3 Å². The monoisotopic (exact) mass is 407 g/mol. The van der Waals surface area contributed by atoms with E-state index in [1.165, 1.54) is 7.11 Å². The number of unbranched alkanes of at least 4 members (excludes halogenated alkanes) is 2. The highest BCUT2D eigenvalue weighted by Crippen LogP contribution is 2.33. The Balaban J connectivity index is 1.89. The smallest absolute Gasteiger partial charge is 0.305 e. The van der Waals surface area contributed by atoms with Crippen molar-refractivity contribution in [3.8, 4) is 5.75 Å². The van der Waals surface area contributed by atoms with E-state index < -0.39 is 6.10 Å². The number of carbonyl (C=O) groups is 2. The number of methoxy groups -OCH3 is 1. The zero-order valence-corrected chi connectivity index (χ0v) is 17.3. The third kappa shape index (κ3) is 6.37. The van der Waals surface area contributed by atoms with Crippen LogP contribution in [0.4, 0.5) is 5.69 Å². The lowest BCUT2D eigenvalue weighted by molar-refractivity contribution is -0.140. The van der Waals surface area contributed by atoms with Crippen LogP contribution in [0.25, 0.3) is 0 Å². The van der Waals surface area contributed by atoms with Crippen LogP contribution in [0.2, 0.25) is 0 Å². The fourth-order valence-electron chi connectivity index (χ4n) is 2.89. The fourth-order valence-corrected chi connectivity index (χ4v) is 3.16. The summed E-state index contributed by atoms with van der Waals surface area (Å²) in [6, 6.07) is 7.57. The van der Waals surface area contributed by atoms with Crippen LogP contribution in [0.15, 0.2) is 24.3 Å². The summed E-state index contributed by atoms with van der Waals surface area (Å²) in [6.07, 6.45) is 3.29. The number of para-hydroxylation sites is 2. The topological polar surface area (TPSA) is 79.9 Å². The van der Waals surface area contributed by atoms with Gasteiger partial charge in [0.1, 0.15) is 5.75 Å². The lowest BCUT2D eigenvalue weighted by Crippen LogP contribution is -2.53. The Bertz CT molecular complexity index is 683. The second-order valence-corrected chi connectivity index (χ2v) is 6.98. The van der Waals surface area contributed by atoms with Crippen LogP contribution in [0, 0.1) is 0 Å². The summed E-state index contributed by atoms with van der Waals surface area (Å²) in [6.45, 7) is 3.69. The Morgan fingerprint density at radius 1 is 1.21 bits per heavy atom. The highest BCUT2D eigenvalue weighted by atomic mass is 32.1. The average Bonchev–Trinajstić information content (AvgIpc) is 2.73. The minimum atomic E-state index is -0.610. The molecule has 0 spiro atoms. The van der Waals surface area contributed by atoms with Crippen molar-refractivity contribution in [2.45, 2.75) is 45.1 Å². The molecule has 0 saturated heterocycles. The number of hydrogen-bond donors (Lipinski definition) is 2. The molecule has 1 amide bonds.